The molecule has 2 fully saturated rings. The van der Waals surface area contributed by atoms with Gasteiger partial charge in [0.2, 0.25) is 0 Å². The Morgan fingerprint density at radius 1 is 1.42 bits per heavy atom. The molecule has 1 amide bonds. The third-order valence-corrected chi connectivity index (χ3v) is 5.01. The van der Waals surface area contributed by atoms with Crippen LogP contribution in [-0.4, -0.2) is 51.7 Å². The molecule has 0 unspecified atom stereocenters. The van der Waals surface area contributed by atoms with Crippen molar-refractivity contribution in [1.29, 1.82) is 0 Å². The van der Waals surface area contributed by atoms with Gasteiger partial charge in [-0.25, -0.2) is 0 Å². The number of carbonyl (C=O) groups is 1. The Labute approximate surface area is 141 Å². The van der Waals surface area contributed by atoms with E-state index in [2.05, 4.69) is 10.3 Å². The van der Waals surface area contributed by atoms with Crippen molar-refractivity contribution in [2.75, 3.05) is 25.0 Å². The van der Waals surface area contributed by atoms with E-state index in [0.717, 1.165) is 30.8 Å². The van der Waals surface area contributed by atoms with Crippen LogP contribution in [0, 0.1) is 0 Å². The summed E-state index contributed by atoms with van der Waals surface area (Å²) in [5.74, 6) is 0.0895. The molecule has 2 atom stereocenters. The number of carbonyl (C=O) groups excluding carboxylic acids is 1. The first-order chi connectivity index (χ1) is 11.7. The number of rotatable bonds is 3. The minimum absolute atomic E-state index is 0.0895. The quantitative estimate of drug-likeness (QED) is 0.936. The molecule has 0 radical (unpaired) electrons. The zero-order chi connectivity index (χ0) is 16.6. The number of likely N-dealkylation sites (tertiary alicyclic amines) is 1. The molecule has 126 valence electrons. The minimum Gasteiger partial charge on any atom is -0.379 e. The number of amides is 1. The summed E-state index contributed by atoms with van der Waals surface area (Å²) in [4.78, 5) is 18.7. The standard InChI is InChI=1S/C18H22N4O2/c1-21-8-3-5-16(21)17(23)22-9-6-18(13-22)10-15(12-24-18)20-14-4-2-7-19-11-14/h2-5,7-8,11,15,20H,6,9-10,12-13H2,1H3/t15-,18+/m0/s1. The number of pyridine rings is 1. The Bertz CT molecular complexity index is 730. The van der Waals surface area contributed by atoms with Gasteiger partial charge in [0.1, 0.15) is 5.69 Å². The first-order valence-corrected chi connectivity index (χ1v) is 8.36. The number of anilines is 1. The number of nitrogens with zero attached hydrogens (tertiary/aromatic N) is 3. The highest BCUT2D eigenvalue weighted by Crippen LogP contribution is 2.36. The molecule has 24 heavy (non-hydrogen) atoms. The van der Waals surface area contributed by atoms with E-state index in [1.54, 1.807) is 6.20 Å². The molecular formula is C18H22N4O2. The van der Waals surface area contributed by atoms with Gasteiger partial charge >= 0.3 is 0 Å². The highest BCUT2D eigenvalue weighted by molar-refractivity contribution is 5.93. The molecule has 2 aromatic heterocycles. The van der Waals surface area contributed by atoms with Crippen molar-refractivity contribution in [3.63, 3.8) is 0 Å². The number of aromatic nitrogens is 2. The molecule has 0 bridgehead atoms. The van der Waals surface area contributed by atoms with E-state index in [1.165, 1.54) is 0 Å². The van der Waals surface area contributed by atoms with Crippen LogP contribution in [0.15, 0.2) is 42.9 Å². The number of aryl methyl sites for hydroxylation is 1. The van der Waals surface area contributed by atoms with Crippen LogP contribution in [0.2, 0.25) is 0 Å². The van der Waals surface area contributed by atoms with Crippen molar-refractivity contribution < 1.29 is 9.53 Å². The van der Waals surface area contributed by atoms with Crippen molar-refractivity contribution in [2.24, 2.45) is 7.05 Å². The first-order valence-electron chi connectivity index (χ1n) is 8.36. The fraction of sp³-hybridized carbons (Fsp3) is 0.444. The van der Waals surface area contributed by atoms with Crippen molar-refractivity contribution in [2.45, 2.75) is 24.5 Å². The van der Waals surface area contributed by atoms with Crippen LogP contribution >= 0.6 is 0 Å². The molecule has 2 aliphatic heterocycles. The van der Waals surface area contributed by atoms with E-state index in [0.29, 0.717) is 13.2 Å². The third-order valence-electron chi connectivity index (χ3n) is 5.01. The van der Waals surface area contributed by atoms with Gasteiger partial charge in [0, 0.05) is 38.6 Å². The van der Waals surface area contributed by atoms with Gasteiger partial charge in [-0.1, -0.05) is 0 Å². The molecule has 2 aromatic rings. The summed E-state index contributed by atoms with van der Waals surface area (Å²) in [6, 6.07) is 7.97. The van der Waals surface area contributed by atoms with E-state index in [1.807, 2.05) is 53.2 Å². The summed E-state index contributed by atoms with van der Waals surface area (Å²) in [7, 11) is 1.90. The fourth-order valence-electron chi connectivity index (χ4n) is 3.77. The van der Waals surface area contributed by atoms with Gasteiger partial charge in [-0.05, 0) is 30.7 Å². The smallest absolute Gasteiger partial charge is 0.270 e. The predicted molar refractivity (Wildman–Crippen MR) is 90.9 cm³/mol. The van der Waals surface area contributed by atoms with Gasteiger partial charge in [0.05, 0.1) is 30.5 Å². The van der Waals surface area contributed by atoms with Crippen molar-refractivity contribution in [1.82, 2.24) is 14.5 Å². The Morgan fingerprint density at radius 3 is 3.08 bits per heavy atom. The van der Waals surface area contributed by atoms with Gasteiger partial charge in [-0.15, -0.1) is 0 Å². The normalized spacial score (nSPS) is 26.2. The minimum atomic E-state index is -0.208. The van der Waals surface area contributed by atoms with Crippen LogP contribution in [0.1, 0.15) is 23.3 Å². The van der Waals surface area contributed by atoms with Gasteiger partial charge in [0.25, 0.3) is 5.91 Å². The maximum atomic E-state index is 12.7. The highest BCUT2D eigenvalue weighted by atomic mass is 16.5. The van der Waals surface area contributed by atoms with E-state index in [4.69, 9.17) is 4.74 Å². The predicted octanol–water partition coefficient (Wildman–Crippen LogP) is 1.91. The maximum absolute atomic E-state index is 12.7. The SMILES string of the molecule is Cn1cccc1C(=O)N1CC[C@@]2(C[C@H](Nc3cccnc3)CO2)C1. The number of nitrogens with one attached hydrogen (secondary N) is 1. The van der Waals surface area contributed by atoms with Crippen molar-refractivity contribution in [3.8, 4) is 0 Å². The lowest BCUT2D eigenvalue weighted by molar-refractivity contribution is 0.0124. The van der Waals surface area contributed by atoms with Gasteiger partial charge < -0.3 is 19.5 Å². The molecule has 6 heteroatoms. The summed E-state index contributed by atoms with van der Waals surface area (Å²) in [5.41, 5.74) is 1.54. The number of hydrogen-bond donors (Lipinski definition) is 1. The largest absolute Gasteiger partial charge is 0.379 e. The molecule has 4 heterocycles. The average molecular weight is 326 g/mol. The Morgan fingerprint density at radius 2 is 2.33 bits per heavy atom. The molecule has 0 aromatic carbocycles. The van der Waals surface area contributed by atoms with E-state index in [-0.39, 0.29) is 17.6 Å². The monoisotopic (exact) mass is 326 g/mol. The second-order valence-electron chi connectivity index (χ2n) is 6.76. The summed E-state index contributed by atoms with van der Waals surface area (Å²) < 4.78 is 8.00. The van der Waals surface area contributed by atoms with Gasteiger partial charge in [0.15, 0.2) is 0 Å². The first kappa shape index (κ1) is 15.2. The Hall–Kier alpha value is -2.34. The Balaban J connectivity index is 1.40. The zero-order valence-electron chi connectivity index (χ0n) is 13.8. The lowest BCUT2D eigenvalue weighted by atomic mass is 9.97. The van der Waals surface area contributed by atoms with E-state index in [9.17, 15) is 4.79 Å². The summed E-state index contributed by atoms with van der Waals surface area (Å²) in [6.45, 7) is 2.09. The van der Waals surface area contributed by atoms with Gasteiger partial charge in [-0.2, -0.15) is 0 Å². The van der Waals surface area contributed by atoms with Crippen LogP contribution in [0.5, 0.6) is 0 Å². The van der Waals surface area contributed by atoms with Crippen LogP contribution in [0.25, 0.3) is 0 Å². The van der Waals surface area contributed by atoms with E-state index >= 15 is 0 Å². The molecule has 6 nitrogen and oxygen atoms in total. The van der Waals surface area contributed by atoms with Crippen LogP contribution < -0.4 is 5.32 Å². The summed E-state index contributed by atoms with van der Waals surface area (Å²) >= 11 is 0. The Kier molecular flexibility index (Phi) is 3.76. The molecule has 2 saturated heterocycles. The molecule has 1 spiro atoms. The molecular weight excluding hydrogens is 304 g/mol. The van der Waals surface area contributed by atoms with Crippen molar-refractivity contribution in [3.05, 3.63) is 48.5 Å². The maximum Gasteiger partial charge on any atom is 0.270 e. The summed E-state index contributed by atoms with van der Waals surface area (Å²) in [5, 5.41) is 3.48. The number of hydrogen-bond acceptors (Lipinski definition) is 4. The fourth-order valence-corrected chi connectivity index (χ4v) is 3.77. The highest BCUT2D eigenvalue weighted by Gasteiger charge is 2.47. The van der Waals surface area contributed by atoms with Crippen LogP contribution in [0.3, 0.4) is 0 Å². The summed E-state index contributed by atoms with van der Waals surface area (Å²) in [6.07, 6.45) is 7.30. The zero-order valence-corrected chi connectivity index (χ0v) is 13.8. The molecule has 0 saturated carbocycles. The molecule has 4 rings (SSSR count). The molecule has 0 aliphatic carbocycles. The third kappa shape index (κ3) is 2.78. The van der Waals surface area contributed by atoms with Crippen LogP contribution in [0.4, 0.5) is 5.69 Å². The lowest BCUT2D eigenvalue weighted by Crippen LogP contribution is -2.36. The second-order valence-corrected chi connectivity index (χ2v) is 6.76. The van der Waals surface area contributed by atoms with Crippen LogP contribution in [-0.2, 0) is 11.8 Å². The van der Waals surface area contributed by atoms with E-state index < -0.39 is 0 Å². The second kappa shape index (κ2) is 5.94. The van der Waals surface area contributed by atoms with Gasteiger partial charge in [-0.3, -0.25) is 9.78 Å². The topological polar surface area (TPSA) is 59.4 Å². The molecule has 2 aliphatic rings. The van der Waals surface area contributed by atoms with Crippen molar-refractivity contribution >= 4 is 11.6 Å². The molecule has 1 N–H and O–H groups in total. The lowest BCUT2D eigenvalue weighted by Gasteiger charge is -2.23. The number of ether oxygens (including phenoxy) is 1. The average Bonchev–Trinajstić information content (AvgIpc) is 3.30.